The van der Waals surface area contributed by atoms with Crippen molar-refractivity contribution in [1.82, 2.24) is 4.90 Å². The zero-order valence-corrected chi connectivity index (χ0v) is 15.1. The summed E-state index contributed by atoms with van der Waals surface area (Å²) in [7, 11) is 0. The third kappa shape index (κ3) is 4.37. The fourth-order valence-electron chi connectivity index (χ4n) is 2.40. The molecule has 26 heavy (non-hydrogen) atoms. The van der Waals surface area contributed by atoms with Gasteiger partial charge >= 0.3 is 5.69 Å². The van der Waals surface area contributed by atoms with Crippen molar-refractivity contribution >= 4 is 35.1 Å². The molecule has 0 radical (unpaired) electrons. The molecule has 0 aliphatic rings. The van der Waals surface area contributed by atoms with Crippen LogP contribution < -0.4 is 0 Å². The van der Waals surface area contributed by atoms with Gasteiger partial charge in [-0.3, -0.25) is 19.9 Å². The number of halogens is 1. The number of phenolic OH excluding ortho intramolecular Hbond substituents is 1. The first-order valence-corrected chi connectivity index (χ1v) is 8.35. The number of hydrogen-bond acceptors (Lipinski definition) is 5. The second-order valence-electron chi connectivity index (χ2n) is 5.41. The number of nitro groups is 1. The summed E-state index contributed by atoms with van der Waals surface area (Å²) in [5, 5.41) is 21.0. The molecule has 0 aromatic heterocycles. The van der Waals surface area contributed by atoms with Gasteiger partial charge in [-0.05, 0) is 38.1 Å². The SMILES string of the molecule is CCN(CC)C(=O)c1cccc(N=Cc2cc(Cl)cc([N+](=O)[O-])c2O)c1. The summed E-state index contributed by atoms with van der Waals surface area (Å²) >= 11 is 5.85. The van der Waals surface area contributed by atoms with E-state index in [1.165, 1.54) is 12.3 Å². The molecule has 0 saturated heterocycles. The summed E-state index contributed by atoms with van der Waals surface area (Å²) in [4.78, 5) is 28.5. The van der Waals surface area contributed by atoms with Crippen molar-refractivity contribution < 1.29 is 14.8 Å². The highest BCUT2D eigenvalue weighted by Gasteiger charge is 2.18. The van der Waals surface area contributed by atoms with Gasteiger partial charge in [0.15, 0.2) is 0 Å². The summed E-state index contributed by atoms with van der Waals surface area (Å²) in [5.41, 5.74) is 0.587. The van der Waals surface area contributed by atoms with Crippen molar-refractivity contribution in [3.8, 4) is 5.75 Å². The average molecular weight is 376 g/mol. The Balaban J connectivity index is 2.34. The summed E-state index contributed by atoms with van der Waals surface area (Å²) < 4.78 is 0. The molecule has 0 spiro atoms. The highest BCUT2D eigenvalue weighted by atomic mass is 35.5. The molecule has 0 unspecified atom stereocenters. The Kier molecular flexibility index (Phi) is 6.30. The van der Waals surface area contributed by atoms with E-state index in [-0.39, 0.29) is 16.5 Å². The maximum atomic E-state index is 12.4. The third-order valence-electron chi connectivity index (χ3n) is 3.78. The molecule has 8 heteroatoms. The molecule has 1 amide bonds. The van der Waals surface area contributed by atoms with Crippen LogP contribution in [0.4, 0.5) is 11.4 Å². The fraction of sp³-hybridized carbons (Fsp3) is 0.222. The minimum atomic E-state index is -0.720. The van der Waals surface area contributed by atoms with E-state index in [1.54, 1.807) is 29.2 Å². The molecule has 0 aliphatic heterocycles. The molecule has 2 aromatic rings. The molecule has 0 heterocycles. The van der Waals surface area contributed by atoms with Gasteiger partial charge in [0.25, 0.3) is 5.91 Å². The molecular formula is C18H18ClN3O4. The maximum absolute atomic E-state index is 12.4. The van der Waals surface area contributed by atoms with Crippen LogP contribution in [0, 0.1) is 10.1 Å². The highest BCUT2D eigenvalue weighted by molar-refractivity contribution is 6.31. The number of hydrogen-bond donors (Lipinski definition) is 1. The maximum Gasteiger partial charge on any atom is 0.312 e. The average Bonchev–Trinajstić information content (AvgIpc) is 2.63. The standard InChI is InChI=1S/C18H18ClN3O4/c1-3-21(4-2)18(24)12-6-5-7-15(9-12)20-11-13-8-14(19)10-16(17(13)23)22(25)26/h5-11,23H,3-4H2,1-2H3. The normalized spacial score (nSPS) is 10.9. The molecule has 136 valence electrons. The van der Waals surface area contributed by atoms with Crippen LogP contribution in [0.2, 0.25) is 5.02 Å². The Hall–Kier alpha value is -2.93. The largest absolute Gasteiger partial charge is 0.502 e. The molecule has 2 aromatic carbocycles. The third-order valence-corrected chi connectivity index (χ3v) is 4.00. The second kappa shape index (κ2) is 8.44. The lowest BCUT2D eigenvalue weighted by Crippen LogP contribution is -2.30. The summed E-state index contributed by atoms with van der Waals surface area (Å²) in [6, 6.07) is 9.14. The van der Waals surface area contributed by atoms with Gasteiger partial charge in [0.2, 0.25) is 5.75 Å². The predicted molar refractivity (Wildman–Crippen MR) is 101 cm³/mol. The first kappa shape index (κ1) is 19.4. The van der Waals surface area contributed by atoms with E-state index in [4.69, 9.17) is 11.6 Å². The van der Waals surface area contributed by atoms with Crippen LogP contribution in [0.3, 0.4) is 0 Å². The number of carbonyl (C=O) groups is 1. The van der Waals surface area contributed by atoms with E-state index in [1.807, 2.05) is 13.8 Å². The van der Waals surface area contributed by atoms with E-state index in [0.29, 0.717) is 24.3 Å². The molecule has 0 atom stereocenters. The van der Waals surface area contributed by atoms with E-state index in [2.05, 4.69) is 4.99 Å². The molecule has 0 saturated carbocycles. The monoisotopic (exact) mass is 375 g/mol. The van der Waals surface area contributed by atoms with Gasteiger partial charge in [-0.1, -0.05) is 17.7 Å². The van der Waals surface area contributed by atoms with E-state index in [0.717, 1.165) is 6.07 Å². The van der Waals surface area contributed by atoms with Crippen LogP contribution in [-0.2, 0) is 0 Å². The number of aliphatic imine (C=N–C) groups is 1. The van der Waals surface area contributed by atoms with Crippen LogP contribution in [-0.4, -0.2) is 40.1 Å². The van der Waals surface area contributed by atoms with Gasteiger partial charge < -0.3 is 10.0 Å². The number of amides is 1. The zero-order chi connectivity index (χ0) is 19.3. The predicted octanol–water partition coefficient (Wildman–Crippen LogP) is 4.19. The zero-order valence-electron chi connectivity index (χ0n) is 14.3. The molecule has 2 rings (SSSR count). The molecule has 1 N–H and O–H groups in total. The van der Waals surface area contributed by atoms with Crippen molar-refractivity contribution in [2.24, 2.45) is 4.99 Å². The first-order chi connectivity index (χ1) is 12.4. The molecule has 7 nitrogen and oxygen atoms in total. The van der Waals surface area contributed by atoms with Crippen molar-refractivity contribution in [3.63, 3.8) is 0 Å². The number of carbonyl (C=O) groups excluding carboxylic acids is 1. The van der Waals surface area contributed by atoms with Crippen LogP contribution in [0.15, 0.2) is 41.4 Å². The van der Waals surface area contributed by atoms with Crippen molar-refractivity contribution in [3.05, 3.63) is 62.7 Å². The quantitative estimate of drug-likeness (QED) is 0.465. The lowest BCUT2D eigenvalue weighted by molar-refractivity contribution is -0.385. The van der Waals surface area contributed by atoms with E-state index >= 15 is 0 Å². The van der Waals surface area contributed by atoms with Gasteiger partial charge in [-0.2, -0.15) is 0 Å². The number of phenols is 1. The Labute approximate surface area is 155 Å². The highest BCUT2D eigenvalue weighted by Crippen LogP contribution is 2.32. The molecular weight excluding hydrogens is 358 g/mol. The van der Waals surface area contributed by atoms with Crippen molar-refractivity contribution in [2.75, 3.05) is 13.1 Å². The lowest BCUT2D eigenvalue weighted by Gasteiger charge is -2.18. The first-order valence-electron chi connectivity index (χ1n) is 7.97. The molecule has 0 aliphatic carbocycles. The smallest absolute Gasteiger partial charge is 0.312 e. The number of nitro benzene ring substituents is 1. The van der Waals surface area contributed by atoms with Gasteiger partial charge in [0.05, 0.1) is 10.6 Å². The Bertz CT molecular complexity index is 864. The molecule has 0 bridgehead atoms. The van der Waals surface area contributed by atoms with Gasteiger partial charge in [-0.15, -0.1) is 0 Å². The van der Waals surface area contributed by atoms with E-state index < -0.39 is 16.4 Å². The number of benzene rings is 2. The minimum Gasteiger partial charge on any atom is -0.502 e. The van der Waals surface area contributed by atoms with Gasteiger partial charge in [0, 0.05) is 41.5 Å². The number of aromatic hydroxyl groups is 1. The van der Waals surface area contributed by atoms with Crippen molar-refractivity contribution in [2.45, 2.75) is 13.8 Å². The van der Waals surface area contributed by atoms with Crippen LogP contribution in [0.25, 0.3) is 0 Å². The minimum absolute atomic E-state index is 0.103. The van der Waals surface area contributed by atoms with Crippen LogP contribution in [0.1, 0.15) is 29.8 Å². The topological polar surface area (TPSA) is 96.0 Å². The lowest BCUT2D eigenvalue weighted by atomic mass is 10.1. The summed E-state index contributed by atoms with van der Waals surface area (Å²) in [6.45, 7) is 5.00. The van der Waals surface area contributed by atoms with Gasteiger partial charge in [0.1, 0.15) is 0 Å². The second-order valence-corrected chi connectivity index (χ2v) is 5.84. The number of nitrogens with zero attached hydrogens (tertiary/aromatic N) is 3. The van der Waals surface area contributed by atoms with Gasteiger partial charge in [-0.25, -0.2) is 0 Å². The van der Waals surface area contributed by atoms with Crippen LogP contribution in [0.5, 0.6) is 5.75 Å². The fourth-order valence-corrected chi connectivity index (χ4v) is 2.62. The van der Waals surface area contributed by atoms with E-state index in [9.17, 15) is 20.0 Å². The summed E-state index contributed by atoms with van der Waals surface area (Å²) in [6.07, 6.45) is 1.27. The Morgan fingerprint density at radius 2 is 2.00 bits per heavy atom. The Morgan fingerprint density at radius 1 is 1.31 bits per heavy atom. The molecule has 0 fully saturated rings. The Morgan fingerprint density at radius 3 is 2.62 bits per heavy atom. The van der Waals surface area contributed by atoms with Crippen molar-refractivity contribution in [1.29, 1.82) is 0 Å². The number of rotatable bonds is 6. The van der Waals surface area contributed by atoms with Crippen LogP contribution >= 0.6 is 11.6 Å². The summed E-state index contributed by atoms with van der Waals surface area (Å²) in [5.74, 6) is -0.619.